The zero-order chi connectivity index (χ0) is 15.9. The standard InChI is InChI=1S/C16H24N2O3/c1-12(19)21-11-16(2,3)18-15(20)14(17-4)10-13-8-6-5-7-9-13/h5-9,14,17H,10-11H2,1-4H3,(H,18,20)/t14-/m1/s1. The predicted molar refractivity (Wildman–Crippen MR) is 81.8 cm³/mol. The first-order valence-electron chi connectivity index (χ1n) is 7.00. The van der Waals surface area contributed by atoms with Crippen LogP contribution in [0.15, 0.2) is 30.3 Å². The van der Waals surface area contributed by atoms with E-state index in [4.69, 9.17) is 4.74 Å². The van der Waals surface area contributed by atoms with Crippen molar-refractivity contribution in [2.24, 2.45) is 0 Å². The van der Waals surface area contributed by atoms with Crippen LogP contribution in [0.25, 0.3) is 0 Å². The van der Waals surface area contributed by atoms with Crippen molar-refractivity contribution < 1.29 is 14.3 Å². The number of carbonyl (C=O) groups excluding carboxylic acids is 2. The van der Waals surface area contributed by atoms with E-state index in [1.807, 2.05) is 44.2 Å². The van der Waals surface area contributed by atoms with Gasteiger partial charge in [-0.3, -0.25) is 9.59 Å². The van der Waals surface area contributed by atoms with E-state index in [0.717, 1.165) is 5.56 Å². The fourth-order valence-corrected chi connectivity index (χ4v) is 1.91. The van der Waals surface area contributed by atoms with Gasteiger partial charge in [-0.25, -0.2) is 0 Å². The number of rotatable bonds is 7. The molecule has 0 aliphatic carbocycles. The molecule has 0 saturated carbocycles. The molecule has 0 saturated heterocycles. The summed E-state index contributed by atoms with van der Waals surface area (Å²) in [6.45, 7) is 5.14. The van der Waals surface area contributed by atoms with Crippen LogP contribution in [0, 0.1) is 0 Å². The molecule has 0 spiro atoms. The summed E-state index contributed by atoms with van der Waals surface area (Å²) in [5.74, 6) is -0.467. The molecule has 0 unspecified atom stereocenters. The van der Waals surface area contributed by atoms with Crippen LogP contribution in [0.5, 0.6) is 0 Å². The van der Waals surface area contributed by atoms with Crippen LogP contribution >= 0.6 is 0 Å². The third-order valence-corrected chi connectivity index (χ3v) is 3.05. The van der Waals surface area contributed by atoms with Crippen LogP contribution in [0.1, 0.15) is 26.3 Å². The summed E-state index contributed by atoms with van der Waals surface area (Å²) in [5, 5.41) is 5.92. The first-order chi connectivity index (χ1) is 9.84. The molecule has 5 heteroatoms. The van der Waals surface area contributed by atoms with Crippen molar-refractivity contribution in [3.8, 4) is 0 Å². The van der Waals surface area contributed by atoms with Crippen LogP contribution in [0.2, 0.25) is 0 Å². The Kier molecular flexibility index (Phi) is 6.37. The Morgan fingerprint density at radius 2 is 1.86 bits per heavy atom. The summed E-state index contributed by atoms with van der Waals surface area (Å²) >= 11 is 0. The average molecular weight is 292 g/mol. The summed E-state index contributed by atoms with van der Waals surface area (Å²) in [6, 6.07) is 9.49. The average Bonchev–Trinajstić information content (AvgIpc) is 2.43. The van der Waals surface area contributed by atoms with Gasteiger partial charge in [-0.2, -0.15) is 0 Å². The molecule has 0 aliphatic heterocycles. The monoisotopic (exact) mass is 292 g/mol. The van der Waals surface area contributed by atoms with Gasteiger partial charge in [0.05, 0.1) is 11.6 Å². The number of esters is 1. The summed E-state index contributed by atoms with van der Waals surface area (Å²) in [4.78, 5) is 23.2. The van der Waals surface area contributed by atoms with Crippen molar-refractivity contribution in [2.75, 3.05) is 13.7 Å². The Morgan fingerprint density at radius 1 is 1.24 bits per heavy atom. The van der Waals surface area contributed by atoms with Crippen LogP contribution in [-0.4, -0.2) is 37.1 Å². The van der Waals surface area contributed by atoms with Gasteiger partial charge >= 0.3 is 5.97 Å². The smallest absolute Gasteiger partial charge is 0.302 e. The normalized spacial score (nSPS) is 12.6. The minimum absolute atomic E-state index is 0.112. The molecule has 21 heavy (non-hydrogen) atoms. The maximum atomic E-state index is 12.3. The largest absolute Gasteiger partial charge is 0.463 e. The number of hydrogen-bond donors (Lipinski definition) is 2. The lowest BCUT2D eigenvalue weighted by atomic mass is 10.0. The van der Waals surface area contributed by atoms with E-state index in [9.17, 15) is 9.59 Å². The first kappa shape index (κ1) is 17.2. The van der Waals surface area contributed by atoms with Crippen molar-refractivity contribution in [1.82, 2.24) is 10.6 Å². The zero-order valence-corrected chi connectivity index (χ0v) is 13.1. The van der Waals surface area contributed by atoms with Gasteiger partial charge in [0.15, 0.2) is 0 Å². The van der Waals surface area contributed by atoms with Crippen molar-refractivity contribution in [3.05, 3.63) is 35.9 Å². The maximum absolute atomic E-state index is 12.3. The molecular formula is C16H24N2O3. The predicted octanol–water partition coefficient (Wildman–Crippen LogP) is 1.27. The number of likely N-dealkylation sites (N-methyl/N-ethyl adjacent to an activating group) is 1. The van der Waals surface area contributed by atoms with Crippen molar-refractivity contribution >= 4 is 11.9 Å². The lowest BCUT2D eigenvalue weighted by Gasteiger charge is -2.28. The van der Waals surface area contributed by atoms with Crippen molar-refractivity contribution in [2.45, 2.75) is 38.8 Å². The molecule has 1 rings (SSSR count). The molecule has 0 aromatic heterocycles. The molecule has 1 amide bonds. The quantitative estimate of drug-likeness (QED) is 0.743. The van der Waals surface area contributed by atoms with Crippen molar-refractivity contribution in [1.29, 1.82) is 0 Å². The number of nitrogens with one attached hydrogen (secondary N) is 2. The third-order valence-electron chi connectivity index (χ3n) is 3.05. The topological polar surface area (TPSA) is 67.4 Å². The van der Waals surface area contributed by atoms with E-state index in [1.165, 1.54) is 6.92 Å². The van der Waals surface area contributed by atoms with Gasteiger partial charge in [0.25, 0.3) is 0 Å². The van der Waals surface area contributed by atoms with E-state index < -0.39 is 5.54 Å². The van der Waals surface area contributed by atoms with E-state index >= 15 is 0 Å². The van der Waals surface area contributed by atoms with E-state index in [1.54, 1.807) is 7.05 Å². The number of hydrogen-bond acceptors (Lipinski definition) is 4. The second kappa shape index (κ2) is 7.78. The second-order valence-corrected chi connectivity index (χ2v) is 5.68. The van der Waals surface area contributed by atoms with Gasteiger partial charge in [0.1, 0.15) is 6.61 Å². The lowest BCUT2D eigenvalue weighted by Crippen LogP contribution is -2.54. The Balaban J connectivity index is 2.60. The molecule has 0 radical (unpaired) electrons. The fraction of sp³-hybridized carbons (Fsp3) is 0.500. The van der Waals surface area contributed by atoms with Crippen LogP contribution in [-0.2, 0) is 20.7 Å². The van der Waals surface area contributed by atoms with Crippen molar-refractivity contribution in [3.63, 3.8) is 0 Å². The third kappa shape index (κ3) is 6.40. The molecule has 1 aromatic carbocycles. The molecule has 1 atom stereocenters. The van der Waals surface area contributed by atoms with Gasteiger partial charge in [0.2, 0.25) is 5.91 Å². The second-order valence-electron chi connectivity index (χ2n) is 5.68. The first-order valence-corrected chi connectivity index (χ1v) is 7.00. The number of ether oxygens (including phenoxy) is 1. The van der Waals surface area contributed by atoms with Crippen LogP contribution in [0.4, 0.5) is 0 Å². The Labute approximate surface area is 126 Å². The highest BCUT2D eigenvalue weighted by Gasteiger charge is 2.26. The molecule has 0 fully saturated rings. The highest BCUT2D eigenvalue weighted by atomic mass is 16.5. The van der Waals surface area contributed by atoms with E-state index in [2.05, 4.69) is 10.6 Å². The van der Waals surface area contributed by atoms with E-state index in [-0.39, 0.29) is 24.5 Å². The van der Waals surface area contributed by atoms with Gasteiger partial charge in [-0.1, -0.05) is 30.3 Å². The van der Waals surface area contributed by atoms with Crippen LogP contribution < -0.4 is 10.6 Å². The summed E-state index contributed by atoms with van der Waals surface area (Å²) in [5.41, 5.74) is 0.485. The minimum atomic E-state index is -0.603. The molecule has 0 bridgehead atoms. The van der Waals surface area contributed by atoms with Gasteiger partial charge in [-0.15, -0.1) is 0 Å². The van der Waals surface area contributed by atoms with Gasteiger partial charge in [0, 0.05) is 6.92 Å². The van der Waals surface area contributed by atoms with E-state index in [0.29, 0.717) is 6.42 Å². The highest BCUT2D eigenvalue weighted by Crippen LogP contribution is 2.07. The maximum Gasteiger partial charge on any atom is 0.302 e. The zero-order valence-electron chi connectivity index (χ0n) is 13.1. The Morgan fingerprint density at radius 3 is 2.38 bits per heavy atom. The Hall–Kier alpha value is -1.88. The number of amides is 1. The fourth-order valence-electron chi connectivity index (χ4n) is 1.91. The SMILES string of the molecule is CN[C@H](Cc1ccccc1)C(=O)NC(C)(C)COC(C)=O. The van der Waals surface area contributed by atoms with Crippen LogP contribution in [0.3, 0.4) is 0 Å². The molecule has 1 aromatic rings. The molecule has 5 nitrogen and oxygen atoms in total. The summed E-state index contributed by atoms with van der Waals surface area (Å²) < 4.78 is 4.97. The molecular weight excluding hydrogens is 268 g/mol. The Bertz CT molecular complexity index is 472. The van der Waals surface area contributed by atoms with Gasteiger partial charge < -0.3 is 15.4 Å². The number of carbonyl (C=O) groups is 2. The molecule has 0 aliphatic rings. The lowest BCUT2D eigenvalue weighted by molar-refractivity contribution is -0.144. The van der Waals surface area contributed by atoms with Gasteiger partial charge in [-0.05, 0) is 32.9 Å². The number of benzene rings is 1. The molecule has 2 N–H and O–H groups in total. The minimum Gasteiger partial charge on any atom is -0.463 e. The summed E-state index contributed by atoms with van der Waals surface area (Å²) in [6.07, 6.45) is 0.604. The molecule has 116 valence electrons. The summed E-state index contributed by atoms with van der Waals surface area (Å²) in [7, 11) is 1.76. The highest BCUT2D eigenvalue weighted by molar-refractivity contribution is 5.82. The molecule has 0 heterocycles.